The fourth-order valence-electron chi connectivity index (χ4n) is 2.17. The fraction of sp³-hybridized carbons (Fsp3) is 0.625. The summed E-state index contributed by atoms with van der Waals surface area (Å²) in [6, 6.07) is 7.19. The molecule has 1 rings (SSSR count). The molecule has 1 aromatic rings. The smallest absolute Gasteiger partial charge is 0.0589 e. The van der Waals surface area contributed by atoms with Crippen molar-refractivity contribution >= 4 is 15.9 Å². The standard InChI is InChI=1S/C16H27BrN2O/c1-5-13(2)19(8-9-20-4)12-15-7-6-14(11-18-3)10-16(15)17/h6-7,10,13,18H,5,8-9,11-12H2,1-4H3. The summed E-state index contributed by atoms with van der Waals surface area (Å²) in [6.45, 7) is 8.11. The van der Waals surface area contributed by atoms with Crippen LogP contribution in [0.3, 0.4) is 0 Å². The second-order valence-corrected chi connectivity index (χ2v) is 6.03. The number of rotatable bonds is 9. The minimum atomic E-state index is 0.564. The van der Waals surface area contributed by atoms with Gasteiger partial charge in [0.2, 0.25) is 0 Å². The van der Waals surface area contributed by atoms with Gasteiger partial charge in [-0.15, -0.1) is 0 Å². The predicted octanol–water partition coefficient (Wildman–Crippen LogP) is 3.42. The van der Waals surface area contributed by atoms with E-state index in [9.17, 15) is 0 Å². The maximum atomic E-state index is 5.22. The van der Waals surface area contributed by atoms with Crippen molar-refractivity contribution < 1.29 is 4.74 Å². The zero-order chi connectivity index (χ0) is 15.0. The molecule has 0 spiro atoms. The quantitative estimate of drug-likeness (QED) is 0.744. The predicted molar refractivity (Wildman–Crippen MR) is 88.9 cm³/mol. The molecule has 0 aliphatic heterocycles. The molecule has 0 amide bonds. The number of hydrogen-bond acceptors (Lipinski definition) is 3. The van der Waals surface area contributed by atoms with Crippen molar-refractivity contribution in [3.63, 3.8) is 0 Å². The van der Waals surface area contributed by atoms with E-state index in [-0.39, 0.29) is 0 Å². The molecule has 20 heavy (non-hydrogen) atoms. The Kier molecular flexibility index (Phi) is 8.38. The van der Waals surface area contributed by atoms with E-state index in [0.717, 1.165) is 32.7 Å². The average Bonchev–Trinajstić information content (AvgIpc) is 2.45. The van der Waals surface area contributed by atoms with Gasteiger partial charge in [-0.05, 0) is 37.6 Å². The van der Waals surface area contributed by atoms with E-state index in [4.69, 9.17) is 4.74 Å². The minimum absolute atomic E-state index is 0.564. The van der Waals surface area contributed by atoms with Crippen molar-refractivity contribution in [3.8, 4) is 0 Å². The van der Waals surface area contributed by atoms with E-state index in [0.29, 0.717) is 6.04 Å². The molecule has 0 aliphatic rings. The largest absolute Gasteiger partial charge is 0.383 e. The molecule has 114 valence electrons. The van der Waals surface area contributed by atoms with E-state index in [1.165, 1.54) is 15.6 Å². The van der Waals surface area contributed by atoms with Crippen LogP contribution in [-0.2, 0) is 17.8 Å². The maximum Gasteiger partial charge on any atom is 0.0589 e. The molecule has 0 bridgehead atoms. The number of hydrogen-bond donors (Lipinski definition) is 1. The molecule has 0 aromatic heterocycles. The Balaban J connectivity index is 2.76. The monoisotopic (exact) mass is 342 g/mol. The first-order valence-electron chi connectivity index (χ1n) is 7.27. The van der Waals surface area contributed by atoms with Crippen LogP contribution >= 0.6 is 15.9 Å². The Hall–Kier alpha value is -0.420. The molecule has 0 saturated carbocycles. The Labute approximate surface area is 131 Å². The van der Waals surface area contributed by atoms with Gasteiger partial charge < -0.3 is 10.1 Å². The number of ether oxygens (including phenoxy) is 1. The second-order valence-electron chi connectivity index (χ2n) is 5.18. The Morgan fingerprint density at radius 3 is 2.70 bits per heavy atom. The van der Waals surface area contributed by atoms with Crippen LogP contribution in [-0.4, -0.2) is 38.3 Å². The summed E-state index contributed by atoms with van der Waals surface area (Å²) in [5.41, 5.74) is 2.64. The summed E-state index contributed by atoms with van der Waals surface area (Å²) in [5.74, 6) is 0. The Morgan fingerprint density at radius 1 is 1.40 bits per heavy atom. The van der Waals surface area contributed by atoms with Gasteiger partial charge in [0.1, 0.15) is 0 Å². The van der Waals surface area contributed by atoms with E-state index >= 15 is 0 Å². The Bertz CT molecular complexity index is 398. The van der Waals surface area contributed by atoms with Crippen LogP contribution in [0.2, 0.25) is 0 Å². The molecule has 4 heteroatoms. The minimum Gasteiger partial charge on any atom is -0.383 e. The summed E-state index contributed by atoms with van der Waals surface area (Å²) < 4.78 is 6.42. The van der Waals surface area contributed by atoms with Crippen LogP contribution in [0, 0.1) is 0 Å². The summed E-state index contributed by atoms with van der Waals surface area (Å²) >= 11 is 3.70. The van der Waals surface area contributed by atoms with Crippen LogP contribution in [0.4, 0.5) is 0 Å². The highest BCUT2D eigenvalue weighted by Crippen LogP contribution is 2.21. The first-order chi connectivity index (χ1) is 9.62. The zero-order valence-electron chi connectivity index (χ0n) is 13.1. The molecule has 0 radical (unpaired) electrons. The third kappa shape index (κ3) is 5.52. The number of nitrogens with one attached hydrogen (secondary N) is 1. The summed E-state index contributed by atoms with van der Waals surface area (Å²) in [6.07, 6.45) is 1.15. The molecule has 1 atom stereocenters. The SMILES string of the molecule is CCC(C)N(CCOC)Cc1ccc(CNC)cc1Br. The van der Waals surface area contributed by atoms with Crippen LogP contribution in [0.25, 0.3) is 0 Å². The van der Waals surface area contributed by atoms with Crippen molar-refractivity contribution in [1.29, 1.82) is 0 Å². The van der Waals surface area contributed by atoms with Gasteiger partial charge in [-0.2, -0.15) is 0 Å². The number of benzene rings is 1. The molecule has 0 heterocycles. The average molecular weight is 343 g/mol. The van der Waals surface area contributed by atoms with Gasteiger partial charge in [0.25, 0.3) is 0 Å². The van der Waals surface area contributed by atoms with E-state index in [1.807, 2.05) is 7.05 Å². The third-order valence-corrected chi connectivity index (χ3v) is 4.41. The third-order valence-electron chi connectivity index (χ3n) is 3.67. The normalized spacial score (nSPS) is 12.9. The van der Waals surface area contributed by atoms with Crippen LogP contribution in [0.5, 0.6) is 0 Å². The molecular formula is C16H27BrN2O. The topological polar surface area (TPSA) is 24.5 Å². The lowest BCUT2D eigenvalue weighted by Crippen LogP contribution is -2.35. The van der Waals surface area contributed by atoms with Crippen molar-refractivity contribution in [2.75, 3.05) is 27.3 Å². The van der Waals surface area contributed by atoms with Crippen molar-refractivity contribution in [2.45, 2.75) is 39.4 Å². The van der Waals surface area contributed by atoms with Gasteiger partial charge in [-0.3, -0.25) is 4.90 Å². The zero-order valence-corrected chi connectivity index (χ0v) is 14.7. The summed E-state index contributed by atoms with van der Waals surface area (Å²) in [5, 5.41) is 3.18. The molecule has 0 aliphatic carbocycles. The van der Waals surface area contributed by atoms with Crippen molar-refractivity contribution in [3.05, 3.63) is 33.8 Å². The highest BCUT2D eigenvalue weighted by atomic mass is 79.9. The lowest BCUT2D eigenvalue weighted by molar-refractivity contribution is 0.118. The van der Waals surface area contributed by atoms with E-state index < -0.39 is 0 Å². The lowest BCUT2D eigenvalue weighted by Gasteiger charge is -2.28. The second kappa shape index (κ2) is 9.50. The molecule has 1 aromatic carbocycles. The molecule has 1 N–H and O–H groups in total. The van der Waals surface area contributed by atoms with E-state index in [1.54, 1.807) is 7.11 Å². The molecule has 1 unspecified atom stereocenters. The number of halogens is 1. The van der Waals surface area contributed by atoms with Gasteiger partial charge in [0, 0.05) is 37.3 Å². The highest BCUT2D eigenvalue weighted by molar-refractivity contribution is 9.10. The highest BCUT2D eigenvalue weighted by Gasteiger charge is 2.14. The van der Waals surface area contributed by atoms with Crippen molar-refractivity contribution in [1.82, 2.24) is 10.2 Å². The first-order valence-corrected chi connectivity index (χ1v) is 8.06. The van der Waals surface area contributed by atoms with Crippen molar-refractivity contribution in [2.24, 2.45) is 0 Å². The Morgan fingerprint density at radius 2 is 2.15 bits per heavy atom. The number of nitrogens with zero attached hydrogens (tertiary/aromatic N) is 1. The van der Waals surface area contributed by atoms with Gasteiger partial charge in [0.05, 0.1) is 6.61 Å². The summed E-state index contributed by atoms with van der Waals surface area (Å²) in [4.78, 5) is 2.47. The maximum absolute atomic E-state index is 5.22. The van der Waals surface area contributed by atoms with E-state index in [2.05, 4.69) is 58.2 Å². The summed E-state index contributed by atoms with van der Waals surface area (Å²) in [7, 11) is 3.73. The lowest BCUT2D eigenvalue weighted by atomic mass is 10.1. The first kappa shape index (κ1) is 17.6. The van der Waals surface area contributed by atoms with Crippen LogP contribution in [0.1, 0.15) is 31.4 Å². The number of methoxy groups -OCH3 is 1. The molecule has 0 saturated heterocycles. The molecular weight excluding hydrogens is 316 g/mol. The van der Waals surface area contributed by atoms with Crippen LogP contribution in [0.15, 0.2) is 22.7 Å². The van der Waals surface area contributed by atoms with Gasteiger partial charge >= 0.3 is 0 Å². The molecule has 0 fully saturated rings. The van der Waals surface area contributed by atoms with Gasteiger partial charge in [-0.1, -0.05) is 35.0 Å². The molecule has 3 nitrogen and oxygen atoms in total. The van der Waals surface area contributed by atoms with Gasteiger partial charge in [-0.25, -0.2) is 0 Å². The van der Waals surface area contributed by atoms with Gasteiger partial charge in [0.15, 0.2) is 0 Å². The van der Waals surface area contributed by atoms with Crippen LogP contribution < -0.4 is 5.32 Å². The fourth-order valence-corrected chi connectivity index (χ4v) is 2.73.